The largest absolute Gasteiger partial charge is 0.371 e. The number of ether oxygens (including phenoxy) is 1. The maximum atomic E-state index is 13.5. The van der Waals surface area contributed by atoms with E-state index >= 15 is 0 Å². The molecule has 1 N–H and O–H groups in total. The number of aromatic nitrogens is 3. The molecule has 1 atom stereocenters. The summed E-state index contributed by atoms with van der Waals surface area (Å²) in [5.74, 6) is 0.582. The highest BCUT2D eigenvalue weighted by Gasteiger charge is 2.23. The van der Waals surface area contributed by atoms with E-state index in [1.165, 1.54) is 12.1 Å². The summed E-state index contributed by atoms with van der Waals surface area (Å²) in [5.41, 5.74) is 3.78. The minimum atomic E-state index is -0.266. The topological polar surface area (TPSA) is 52.0 Å². The lowest BCUT2D eigenvalue weighted by Crippen LogP contribution is -2.32. The zero-order valence-corrected chi connectivity index (χ0v) is 14.7. The zero-order chi connectivity index (χ0) is 18.2. The average Bonchev–Trinajstić information content (AvgIpc) is 3.06. The molecule has 1 aliphatic rings. The summed E-state index contributed by atoms with van der Waals surface area (Å²) >= 11 is 0. The molecule has 6 heteroatoms. The molecule has 0 saturated heterocycles. The fraction of sp³-hybridized carbons (Fsp3) is 0.238. The van der Waals surface area contributed by atoms with Gasteiger partial charge in [0.05, 0.1) is 29.2 Å². The van der Waals surface area contributed by atoms with E-state index in [2.05, 4.69) is 32.0 Å². The van der Waals surface area contributed by atoms with Gasteiger partial charge in [-0.15, -0.1) is 0 Å². The Hall–Kier alpha value is -2.83. The smallest absolute Gasteiger partial charge is 0.136 e. The van der Waals surface area contributed by atoms with Gasteiger partial charge in [0.25, 0.3) is 0 Å². The van der Waals surface area contributed by atoms with Gasteiger partial charge in [0.1, 0.15) is 18.2 Å². The van der Waals surface area contributed by atoms with Gasteiger partial charge in [0.15, 0.2) is 0 Å². The van der Waals surface area contributed by atoms with Crippen LogP contribution in [0.4, 0.5) is 4.39 Å². The highest BCUT2D eigenvalue weighted by atomic mass is 19.1. The fourth-order valence-electron chi connectivity index (χ4n) is 3.74. The number of nitrogens with one attached hydrogen (secondary N) is 1. The van der Waals surface area contributed by atoms with E-state index in [-0.39, 0.29) is 11.9 Å². The van der Waals surface area contributed by atoms with Crippen molar-refractivity contribution in [1.29, 1.82) is 0 Å². The van der Waals surface area contributed by atoms with Gasteiger partial charge in [0.2, 0.25) is 0 Å². The van der Waals surface area contributed by atoms with Crippen molar-refractivity contribution in [2.45, 2.75) is 19.2 Å². The number of rotatable bonds is 4. The van der Waals surface area contributed by atoms with E-state index in [0.717, 1.165) is 40.9 Å². The first-order valence-corrected chi connectivity index (χ1v) is 9.06. The zero-order valence-electron chi connectivity index (χ0n) is 14.7. The monoisotopic (exact) mass is 362 g/mol. The number of halogens is 1. The number of imidazole rings is 1. The average molecular weight is 362 g/mol. The Bertz CT molecular complexity index is 1120. The Balaban J connectivity index is 1.34. The number of fused-ring (bicyclic) bond motifs is 4. The maximum Gasteiger partial charge on any atom is 0.136 e. The number of nitrogens with zero attached hydrogens (tertiary/aromatic N) is 3. The number of hydrogen-bond donors (Lipinski definition) is 1. The lowest BCUT2D eigenvalue weighted by molar-refractivity contribution is 0.0564. The number of pyridine rings is 1. The van der Waals surface area contributed by atoms with Gasteiger partial charge in [-0.1, -0.05) is 18.2 Å². The van der Waals surface area contributed by atoms with Crippen molar-refractivity contribution in [3.63, 3.8) is 0 Å². The molecule has 2 aromatic heterocycles. The van der Waals surface area contributed by atoms with Crippen LogP contribution in [0.5, 0.6) is 0 Å². The summed E-state index contributed by atoms with van der Waals surface area (Å²) in [5, 5.41) is 4.64. The maximum absolute atomic E-state index is 13.5. The van der Waals surface area contributed by atoms with Gasteiger partial charge >= 0.3 is 0 Å². The van der Waals surface area contributed by atoms with E-state index in [1.807, 2.05) is 24.4 Å². The molecule has 0 radical (unpaired) electrons. The first kappa shape index (κ1) is 16.4. The molecule has 0 bridgehead atoms. The van der Waals surface area contributed by atoms with Gasteiger partial charge in [-0.25, -0.2) is 9.37 Å². The first-order chi connectivity index (χ1) is 13.3. The summed E-state index contributed by atoms with van der Waals surface area (Å²) in [6.07, 6.45) is 1.91. The normalized spacial score (nSPS) is 16.7. The van der Waals surface area contributed by atoms with Crippen molar-refractivity contribution in [2.24, 2.45) is 0 Å². The SMILES string of the molecule is Fc1ccc2c(c1)nc1n2[C@@H](CNCc2cnc3ccccc3c2)COC1. The quantitative estimate of drug-likeness (QED) is 0.603. The molecule has 27 heavy (non-hydrogen) atoms. The van der Waals surface area contributed by atoms with Gasteiger partial charge in [-0.3, -0.25) is 4.98 Å². The molecule has 4 aromatic rings. The molecule has 0 aliphatic carbocycles. The van der Waals surface area contributed by atoms with Gasteiger partial charge in [0, 0.05) is 30.7 Å². The predicted octanol–water partition coefficient (Wildman–Crippen LogP) is 3.58. The molecule has 0 amide bonds. The van der Waals surface area contributed by atoms with E-state index in [1.54, 1.807) is 6.07 Å². The molecule has 0 fully saturated rings. The molecule has 2 aromatic carbocycles. The number of benzene rings is 2. The van der Waals surface area contributed by atoms with Crippen LogP contribution < -0.4 is 5.32 Å². The highest BCUT2D eigenvalue weighted by Crippen LogP contribution is 2.26. The van der Waals surface area contributed by atoms with Crippen molar-refractivity contribution in [2.75, 3.05) is 13.2 Å². The second-order valence-electron chi connectivity index (χ2n) is 6.87. The molecule has 0 saturated carbocycles. The Morgan fingerprint density at radius 1 is 1.15 bits per heavy atom. The molecular formula is C21H19FN4O. The summed E-state index contributed by atoms with van der Waals surface area (Å²) in [7, 11) is 0. The minimum Gasteiger partial charge on any atom is -0.371 e. The van der Waals surface area contributed by atoms with Crippen molar-refractivity contribution in [1.82, 2.24) is 19.9 Å². The molecule has 5 rings (SSSR count). The molecule has 0 spiro atoms. The third-order valence-electron chi connectivity index (χ3n) is 4.99. The first-order valence-electron chi connectivity index (χ1n) is 9.06. The van der Waals surface area contributed by atoms with Crippen LogP contribution in [0.25, 0.3) is 21.9 Å². The summed E-state index contributed by atoms with van der Waals surface area (Å²) in [6, 6.07) is 15.1. The Morgan fingerprint density at radius 3 is 3.04 bits per heavy atom. The van der Waals surface area contributed by atoms with E-state index < -0.39 is 0 Å². The molecule has 1 aliphatic heterocycles. The van der Waals surface area contributed by atoms with Crippen LogP contribution in [-0.4, -0.2) is 27.7 Å². The van der Waals surface area contributed by atoms with Gasteiger partial charge in [-0.2, -0.15) is 0 Å². The van der Waals surface area contributed by atoms with E-state index in [9.17, 15) is 4.39 Å². The molecular weight excluding hydrogens is 343 g/mol. The molecule has 0 unspecified atom stereocenters. The second-order valence-corrected chi connectivity index (χ2v) is 6.87. The molecule has 3 heterocycles. The Morgan fingerprint density at radius 2 is 2.07 bits per heavy atom. The van der Waals surface area contributed by atoms with Crippen LogP contribution in [0, 0.1) is 5.82 Å². The van der Waals surface area contributed by atoms with Gasteiger partial charge < -0.3 is 14.6 Å². The second kappa shape index (κ2) is 6.72. The summed E-state index contributed by atoms with van der Waals surface area (Å²) < 4.78 is 21.4. The van der Waals surface area contributed by atoms with Crippen LogP contribution in [0.15, 0.2) is 54.7 Å². The lowest BCUT2D eigenvalue weighted by Gasteiger charge is -2.26. The molecule has 5 nitrogen and oxygen atoms in total. The molecule has 136 valence electrons. The fourth-order valence-corrected chi connectivity index (χ4v) is 3.74. The van der Waals surface area contributed by atoms with Gasteiger partial charge in [-0.05, 0) is 29.8 Å². The summed E-state index contributed by atoms with van der Waals surface area (Å²) in [6.45, 7) is 2.54. The van der Waals surface area contributed by atoms with Crippen LogP contribution >= 0.6 is 0 Å². The predicted molar refractivity (Wildman–Crippen MR) is 102 cm³/mol. The van der Waals surface area contributed by atoms with Crippen LogP contribution in [0.1, 0.15) is 17.4 Å². The number of hydrogen-bond acceptors (Lipinski definition) is 4. The van der Waals surface area contributed by atoms with Crippen LogP contribution in [0.3, 0.4) is 0 Å². The van der Waals surface area contributed by atoms with E-state index in [0.29, 0.717) is 18.7 Å². The van der Waals surface area contributed by atoms with Crippen molar-refractivity contribution in [3.8, 4) is 0 Å². The van der Waals surface area contributed by atoms with Crippen molar-refractivity contribution < 1.29 is 9.13 Å². The Kier molecular flexibility index (Phi) is 4.07. The minimum absolute atomic E-state index is 0.123. The highest BCUT2D eigenvalue weighted by molar-refractivity contribution is 5.78. The van der Waals surface area contributed by atoms with Crippen molar-refractivity contribution >= 4 is 21.9 Å². The van der Waals surface area contributed by atoms with Crippen LogP contribution in [-0.2, 0) is 17.9 Å². The van der Waals surface area contributed by atoms with E-state index in [4.69, 9.17) is 4.74 Å². The van der Waals surface area contributed by atoms with Crippen molar-refractivity contribution in [3.05, 3.63) is 71.9 Å². The number of para-hydroxylation sites is 1. The summed E-state index contributed by atoms with van der Waals surface area (Å²) in [4.78, 5) is 9.03. The third-order valence-corrected chi connectivity index (χ3v) is 4.99. The lowest BCUT2D eigenvalue weighted by atomic mass is 10.1. The standard InChI is InChI=1S/C21H19FN4O/c22-16-5-6-20-19(8-16)25-21-13-27-12-17(26(20)21)11-23-9-14-7-15-3-1-2-4-18(15)24-10-14/h1-8,10,17,23H,9,11-13H2/t17-/m0/s1. The Labute approximate surface area is 155 Å². The third kappa shape index (κ3) is 3.07. The van der Waals surface area contributed by atoms with Crippen LogP contribution in [0.2, 0.25) is 0 Å².